The lowest BCUT2D eigenvalue weighted by atomic mass is 9.85. The van der Waals surface area contributed by atoms with Gasteiger partial charge in [-0.25, -0.2) is 9.78 Å². The highest BCUT2D eigenvalue weighted by Crippen LogP contribution is 2.45. The van der Waals surface area contributed by atoms with Gasteiger partial charge in [-0.05, 0) is 54.2 Å². The SMILES string of the molecule is C=CCOC(=O)c1sc(N2C(=O)C(=O)/C(=C(/O)c3ccc4c(c3)CC(C)O4)C2c2ccc(C(C)(C)C)cc2)nc1C. The zero-order chi connectivity index (χ0) is 29.6. The molecule has 2 aliphatic heterocycles. The van der Waals surface area contributed by atoms with Gasteiger partial charge >= 0.3 is 11.9 Å². The van der Waals surface area contributed by atoms with E-state index in [2.05, 4.69) is 32.3 Å². The minimum Gasteiger partial charge on any atom is -0.507 e. The van der Waals surface area contributed by atoms with Crippen molar-refractivity contribution < 1.29 is 29.0 Å². The highest BCUT2D eigenvalue weighted by atomic mass is 32.1. The number of hydrogen-bond acceptors (Lipinski definition) is 8. The van der Waals surface area contributed by atoms with Crippen molar-refractivity contribution in [2.75, 3.05) is 11.5 Å². The van der Waals surface area contributed by atoms with E-state index in [4.69, 9.17) is 9.47 Å². The van der Waals surface area contributed by atoms with E-state index in [1.54, 1.807) is 25.1 Å². The van der Waals surface area contributed by atoms with E-state index in [-0.39, 0.29) is 39.5 Å². The average molecular weight is 573 g/mol. The van der Waals surface area contributed by atoms with Crippen molar-refractivity contribution in [1.82, 2.24) is 4.98 Å². The number of esters is 1. The molecule has 212 valence electrons. The third kappa shape index (κ3) is 5.17. The van der Waals surface area contributed by atoms with Crippen molar-refractivity contribution in [3.05, 3.63) is 93.5 Å². The molecule has 9 heteroatoms. The Balaban J connectivity index is 1.65. The molecule has 0 saturated carbocycles. The molecule has 3 heterocycles. The zero-order valence-corrected chi connectivity index (χ0v) is 24.5. The van der Waals surface area contributed by atoms with Gasteiger partial charge in [0.05, 0.1) is 17.3 Å². The molecule has 8 nitrogen and oxygen atoms in total. The summed E-state index contributed by atoms with van der Waals surface area (Å²) in [5.41, 5.74) is 3.24. The van der Waals surface area contributed by atoms with Crippen LogP contribution in [-0.4, -0.2) is 40.5 Å². The molecular formula is C32H32N2O6S. The Morgan fingerprint density at radius 1 is 1.22 bits per heavy atom. The van der Waals surface area contributed by atoms with Crippen molar-refractivity contribution in [2.45, 2.75) is 58.6 Å². The molecule has 0 bridgehead atoms. The number of rotatable bonds is 6. The van der Waals surface area contributed by atoms with Crippen LogP contribution in [0, 0.1) is 6.92 Å². The van der Waals surface area contributed by atoms with Crippen LogP contribution >= 0.6 is 11.3 Å². The fraction of sp³-hybridized carbons (Fsp3) is 0.312. The van der Waals surface area contributed by atoms with Gasteiger partial charge in [-0.2, -0.15) is 0 Å². The smallest absolute Gasteiger partial charge is 0.350 e. The summed E-state index contributed by atoms with van der Waals surface area (Å²) in [5.74, 6) is -1.81. The Morgan fingerprint density at radius 2 is 1.93 bits per heavy atom. The van der Waals surface area contributed by atoms with Gasteiger partial charge in [-0.1, -0.05) is 69.0 Å². The Bertz CT molecular complexity index is 1600. The maximum Gasteiger partial charge on any atom is 0.350 e. The minimum atomic E-state index is -0.963. The van der Waals surface area contributed by atoms with Gasteiger partial charge in [0.25, 0.3) is 5.78 Å². The predicted octanol–water partition coefficient (Wildman–Crippen LogP) is 6.04. The van der Waals surface area contributed by atoms with Crippen LogP contribution in [0.5, 0.6) is 5.75 Å². The molecule has 0 spiro atoms. The largest absolute Gasteiger partial charge is 0.507 e. The number of ether oxygens (including phenoxy) is 2. The van der Waals surface area contributed by atoms with E-state index < -0.39 is 23.7 Å². The topological polar surface area (TPSA) is 106 Å². The van der Waals surface area contributed by atoms with Gasteiger partial charge in [0.2, 0.25) is 0 Å². The first-order chi connectivity index (χ1) is 19.4. The molecule has 1 fully saturated rings. The van der Waals surface area contributed by atoms with Crippen molar-refractivity contribution in [3.63, 3.8) is 0 Å². The molecule has 1 aromatic heterocycles. The molecule has 3 aromatic rings. The average Bonchev–Trinajstić information content (AvgIpc) is 3.58. The van der Waals surface area contributed by atoms with Crippen LogP contribution in [0.4, 0.5) is 5.13 Å². The van der Waals surface area contributed by atoms with Gasteiger partial charge in [0, 0.05) is 12.0 Å². The Morgan fingerprint density at radius 3 is 2.59 bits per heavy atom. The molecule has 41 heavy (non-hydrogen) atoms. The van der Waals surface area contributed by atoms with Crippen LogP contribution in [0.15, 0.2) is 60.7 Å². The first-order valence-corrected chi connectivity index (χ1v) is 14.2. The number of thiazole rings is 1. The number of aliphatic hydroxyl groups is 1. The Hall–Kier alpha value is -4.24. The number of amides is 1. The quantitative estimate of drug-likeness (QED) is 0.126. The van der Waals surface area contributed by atoms with Crippen molar-refractivity contribution in [3.8, 4) is 5.75 Å². The van der Waals surface area contributed by atoms with E-state index in [1.165, 1.54) is 11.0 Å². The van der Waals surface area contributed by atoms with E-state index in [0.717, 1.165) is 28.2 Å². The van der Waals surface area contributed by atoms with Crippen LogP contribution in [0.3, 0.4) is 0 Å². The second-order valence-electron chi connectivity index (χ2n) is 11.3. The fourth-order valence-electron chi connectivity index (χ4n) is 5.11. The summed E-state index contributed by atoms with van der Waals surface area (Å²) in [4.78, 5) is 45.8. The molecule has 0 aliphatic carbocycles. The lowest BCUT2D eigenvalue weighted by Crippen LogP contribution is -2.29. The predicted molar refractivity (Wildman–Crippen MR) is 157 cm³/mol. The monoisotopic (exact) mass is 572 g/mol. The Labute approximate surface area is 242 Å². The summed E-state index contributed by atoms with van der Waals surface area (Å²) >= 11 is 0.965. The number of ketones is 1. The minimum absolute atomic E-state index is 0.00909. The summed E-state index contributed by atoms with van der Waals surface area (Å²) in [5, 5.41) is 11.7. The van der Waals surface area contributed by atoms with Gasteiger partial charge in [0.15, 0.2) is 5.13 Å². The summed E-state index contributed by atoms with van der Waals surface area (Å²) in [6, 6.07) is 11.9. The van der Waals surface area contributed by atoms with Crippen LogP contribution in [0.1, 0.15) is 71.4 Å². The molecule has 2 unspecified atom stereocenters. The summed E-state index contributed by atoms with van der Waals surface area (Å²) in [6.07, 6.45) is 2.14. The van der Waals surface area contributed by atoms with E-state index >= 15 is 0 Å². The van der Waals surface area contributed by atoms with Crippen LogP contribution < -0.4 is 9.64 Å². The van der Waals surface area contributed by atoms with E-state index in [0.29, 0.717) is 23.2 Å². The Kier molecular flexibility index (Phi) is 7.33. The number of carbonyl (C=O) groups is 3. The molecule has 0 radical (unpaired) electrons. The van der Waals surface area contributed by atoms with Crippen molar-refractivity contribution >= 4 is 39.9 Å². The fourth-order valence-corrected chi connectivity index (χ4v) is 6.10. The number of hydrogen-bond donors (Lipinski definition) is 1. The number of nitrogens with zero attached hydrogens (tertiary/aromatic N) is 2. The number of carbonyl (C=O) groups excluding carboxylic acids is 3. The van der Waals surface area contributed by atoms with Crippen molar-refractivity contribution in [1.29, 1.82) is 0 Å². The van der Waals surface area contributed by atoms with Crippen LogP contribution in [-0.2, 0) is 26.2 Å². The summed E-state index contributed by atoms with van der Waals surface area (Å²) < 4.78 is 11.0. The highest BCUT2D eigenvalue weighted by Gasteiger charge is 2.48. The molecule has 1 amide bonds. The molecule has 2 aliphatic rings. The molecule has 2 aromatic carbocycles. The van der Waals surface area contributed by atoms with Gasteiger partial charge < -0.3 is 14.6 Å². The second kappa shape index (κ2) is 10.6. The number of aryl methyl sites for hydroxylation is 1. The summed E-state index contributed by atoms with van der Waals surface area (Å²) in [7, 11) is 0. The number of anilines is 1. The normalized spacial score (nSPS) is 19.7. The number of fused-ring (bicyclic) bond motifs is 1. The third-order valence-corrected chi connectivity index (χ3v) is 8.35. The highest BCUT2D eigenvalue weighted by molar-refractivity contribution is 7.17. The first kappa shape index (κ1) is 28.3. The van der Waals surface area contributed by atoms with Gasteiger partial charge in [-0.15, -0.1) is 0 Å². The van der Waals surface area contributed by atoms with Gasteiger partial charge in [-0.3, -0.25) is 14.5 Å². The van der Waals surface area contributed by atoms with Crippen molar-refractivity contribution in [2.24, 2.45) is 0 Å². The standard InChI is InChI=1S/C32H32N2O6S/c1-7-14-39-30(38)28-18(3)33-31(41-28)34-25(19-8-11-22(12-9-19)32(4,5)6)24(27(36)29(34)37)26(35)20-10-13-23-21(16-20)15-17(2)40-23/h7-13,16-17,25,35H,1,14-15H2,2-6H3/b26-24+. The molecule has 2 atom stereocenters. The molecule has 1 saturated heterocycles. The molecule has 5 rings (SSSR count). The zero-order valence-electron chi connectivity index (χ0n) is 23.7. The third-order valence-electron chi connectivity index (χ3n) is 7.22. The van der Waals surface area contributed by atoms with E-state index in [9.17, 15) is 19.5 Å². The number of aliphatic hydroxyl groups excluding tert-OH is 1. The van der Waals surface area contributed by atoms with Crippen LogP contribution in [0.2, 0.25) is 0 Å². The van der Waals surface area contributed by atoms with E-state index in [1.807, 2.05) is 31.2 Å². The number of Topliss-reactive ketones (excluding diaryl/α,β-unsaturated/α-hetero) is 1. The second-order valence-corrected chi connectivity index (χ2v) is 12.3. The summed E-state index contributed by atoms with van der Waals surface area (Å²) in [6.45, 7) is 13.5. The lowest BCUT2D eigenvalue weighted by molar-refractivity contribution is -0.132. The molecular weight excluding hydrogens is 540 g/mol. The number of aromatic nitrogens is 1. The van der Waals surface area contributed by atoms with Crippen LogP contribution in [0.25, 0.3) is 5.76 Å². The maximum atomic E-state index is 13.6. The first-order valence-electron chi connectivity index (χ1n) is 13.4. The lowest BCUT2D eigenvalue weighted by Gasteiger charge is -2.25. The molecule has 1 N–H and O–H groups in total. The number of benzene rings is 2. The maximum absolute atomic E-state index is 13.6. The van der Waals surface area contributed by atoms with Gasteiger partial charge in [0.1, 0.15) is 29.1 Å².